The molecule has 1 aliphatic heterocycles. The molecule has 0 saturated carbocycles. The highest BCUT2D eigenvalue weighted by atomic mass is 16.4. The molecule has 2 aliphatic rings. The lowest BCUT2D eigenvalue weighted by atomic mass is 10.1. The Morgan fingerprint density at radius 1 is 1.07 bits per heavy atom. The largest absolute Gasteiger partial charge is 0.406 e. The number of hydrogen-bond donors (Lipinski definition) is 2. The predicted octanol–water partition coefficient (Wildman–Crippen LogP) is 0.241. The van der Waals surface area contributed by atoms with Crippen LogP contribution in [0.1, 0.15) is 27.9 Å². The minimum atomic E-state index is -0.302. The van der Waals surface area contributed by atoms with Crippen molar-refractivity contribution in [2.45, 2.75) is 19.3 Å². The number of amides is 1. The molecule has 1 aromatic heterocycles. The molecular formula is C10H10N2O3. The maximum Gasteiger partial charge on any atom is 0.340 e. The molecule has 0 fully saturated rings. The van der Waals surface area contributed by atoms with E-state index in [2.05, 4.69) is 10.6 Å². The predicted molar refractivity (Wildman–Crippen MR) is 53.0 cm³/mol. The topological polar surface area (TPSA) is 71.3 Å². The van der Waals surface area contributed by atoms with Gasteiger partial charge in [-0.2, -0.15) is 0 Å². The van der Waals surface area contributed by atoms with Gasteiger partial charge in [-0.1, -0.05) is 0 Å². The Hall–Kier alpha value is -1.78. The molecule has 0 aromatic carbocycles. The standard InChI is InChI=1S/C10H10N2O3/c13-8-7-5-2-1-3-6(5)10(14)15-9(7)12-4-11-8/h12H,1-4H2,(H,11,13). The first-order valence-electron chi connectivity index (χ1n) is 4.98. The molecule has 78 valence electrons. The molecule has 0 unspecified atom stereocenters. The van der Waals surface area contributed by atoms with Gasteiger partial charge in [-0.05, 0) is 24.8 Å². The van der Waals surface area contributed by atoms with Gasteiger partial charge in [0, 0.05) is 5.56 Å². The van der Waals surface area contributed by atoms with Crippen molar-refractivity contribution >= 4 is 11.8 Å². The molecule has 0 saturated heterocycles. The number of fused-ring (bicyclic) bond motifs is 3. The highest BCUT2D eigenvalue weighted by Gasteiger charge is 2.29. The molecule has 1 aliphatic carbocycles. The van der Waals surface area contributed by atoms with Crippen LogP contribution in [-0.4, -0.2) is 12.6 Å². The fraction of sp³-hybridized carbons (Fsp3) is 0.400. The molecule has 0 spiro atoms. The fourth-order valence-corrected chi connectivity index (χ4v) is 2.25. The van der Waals surface area contributed by atoms with E-state index in [4.69, 9.17) is 4.42 Å². The zero-order valence-corrected chi connectivity index (χ0v) is 8.05. The van der Waals surface area contributed by atoms with E-state index in [0.29, 0.717) is 23.7 Å². The van der Waals surface area contributed by atoms with Gasteiger partial charge in [0.1, 0.15) is 5.56 Å². The first-order chi connectivity index (χ1) is 7.27. The van der Waals surface area contributed by atoms with Crippen LogP contribution in [0.25, 0.3) is 0 Å². The minimum Gasteiger partial charge on any atom is -0.406 e. The Morgan fingerprint density at radius 2 is 1.87 bits per heavy atom. The van der Waals surface area contributed by atoms with Gasteiger partial charge in [-0.15, -0.1) is 0 Å². The summed E-state index contributed by atoms with van der Waals surface area (Å²) < 4.78 is 5.09. The minimum absolute atomic E-state index is 0.148. The normalized spacial score (nSPS) is 17.7. The number of anilines is 1. The van der Waals surface area contributed by atoms with Gasteiger partial charge >= 0.3 is 5.63 Å². The third-order valence-corrected chi connectivity index (χ3v) is 2.91. The molecule has 5 heteroatoms. The average molecular weight is 206 g/mol. The lowest BCUT2D eigenvalue weighted by Crippen LogP contribution is -2.36. The summed E-state index contributed by atoms with van der Waals surface area (Å²) in [5, 5.41) is 5.54. The average Bonchev–Trinajstić information content (AvgIpc) is 2.66. The van der Waals surface area contributed by atoms with Crippen molar-refractivity contribution in [2.75, 3.05) is 12.0 Å². The monoisotopic (exact) mass is 206 g/mol. The molecular weight excluding hydrogens is 196 g/mol. The van der Waals surface area contributed by atoms with Crippen LogP contribution in [0.2, 0.25) is 0 Å². The van der Waals surface area contributed by atoms with E-state index >= 15 is 0 Å². The van der Waals surface area contributed by atoms with Gasteiger partial charge in [-0.3, -0.25) is 4.79 Å². The summed E-state index contributed by atoms with van der Waals surface area (Å²) in [5.41, 5.74) is 1.76. The number of carbonyl (C=O) groups is 1. The Kier molecular flexibility index (Phi) is 1.62. The second-order valence-electron chi connectivity index (χ2n) is 3.76. The van der Waals surface area contributed by atoms with Crippen LogP contribution in [0.5, 0.6) is 0 Å². The summed E-state index contributed by atoms with van der Waals surface area (Å²) in [4.78, 5) is 23.2. The van der Waals surface area contributed by atoms with Crippen LogP contribution < -0.4 is 16.3 Å². The highest BCUT2D eigenvalue weighted by Crippen LogP contribution is 2.28. The van der Waals surface area contributed by atoms with Crippen molar-refractivity contribution < 1.29 is 9.21 Å². The van der Waals surface area contributed by atoms with E-state index in [-0.39, 0.29) is 11.5 Å². The van der Waals surface area contributed by atoms with Gasteiger partial charge in [0.2, 0.25) is 5.88 Å². The smallest absolute Gasteiger partial charge is 0.340 e. The van der Waals surface area contributed by atoms with Crippen LogP contribution >= 0.6 is 0 Å². The van der Waals surface area contributed by atoms with Crippen molar-refractivity contribution in [1.82, 2.24) is 5.32 Å². The molecule has 2 N–H and O–H groups in total. The van der Waals surface area contributed by atoms with Gasteiger partial charge in [0.15, 0.2) is 0 Å². The SMILES string of the molecule is O=C1NCNc2oc(=O)c3c(c21)CCC3. The van der Waals surface area contributed by atoms with E-state index in [9.17, 15) is 9.59 Å². The molecule has 0 radical (unpaired) electrons. The summed E-state index contributed by atoms with van der Waals surface area (Å²) in [7, 11) is 0. The Morgan fingerprint density at radius 3 is 2.73 bits per heavy atom. The van der Waals surface area contributed by atoms with Crippen LogP contribution in [-0.2, 0) is 12.8 Å². The summed E-state index contributed by atoms with van der Waals surface area (Å²) >= 11 is 0. The Labute approximate surface area is 85.5 Å². The first-order valence-corrected chi connectivity index (χ1v) is 4.98. The molecule has 0 bridgehead atoms. The van der Waals surface area contributed by atoms with Crippen molar-refractivity contribution in [3.05, 3.63) is 27.1 Å². The summed E-state index contributed by atoms with van der Waals surface area (Å²) in [6, 6.07) is 0. The molecule has 3 rings (SSSR count). The second kappa shape index (κ2) is 2.85. The van der Waals surface area contributed by atoms with Crippen molar-refractivity contribution in [3.8, 4) is 0 Å². The number of carbonyl (C=O) groups excluding carboxylic acids is 1. The van der Waals surface area contributed by atoms with Gasteiger partial charge in [0.25, 0.3) is 5.91 Å². The first kappa shape index (κ1) is 8.52. The van der Waals surface area contributed by atoms with E-state index in [1.807, 2.05) is 0 Å². The van der Waals surface area contributed by atoms with E-state index < -0.39 is 0 Å². The van der Waals surface area contributed by atoms with Crippen molar-refractivity contribution in [3.63, 3.8) is 0 Å². The van der Waals surface area contributed by atoms with E-state index in [1.54, 1.807) is 0 Å². The molecule has 5 nitrogen and oxygen atoms in total. The third-order valence-electron chi connectivity index (χ3n) is 2.91. The summed E-state index contributed by atoms with van der Waals surface area (Å²) in [6.45, 7) is 0.313. The second-order valence-corrected chi connectivity index (χ2v) is 3.76. The third kappa shape index (κ3) is 1.09. The molecule has 2 heterocycles. The molecule has 1 aromatic rings. The van der Waals surface area contributed by atoms with E-state index in [0.717, 1.165) is 24.8 Å². The van der Waals surface area contributed by atoms with Crippen molar-refractivity contribution in [2.24, 2.45) is 0 Å². The lowest BCUT2D eigenvalue weighted by molar-refractivity contribution is 0.0948. The molecule has 1 amide bonds. The summed E-state index contributed by atoms with van der Waals surface area (Å²) in [5.74, 6) is 0.176. The van der Waals surface area contributed by atoms with Crippen LogP contribution in [0.4, 0.5) is 5.88 Å². The van der Waals surface area contributed by atoms with Crippen LogP contribution in [0.15, 0.2) is 9.21 Å². The number of nitrogens with one attached hydrogen (secondary N) is 2. The quantitative estimate of drug-likeness (QED) is 0.638. The highest BCUT2D eigenvalue weighted by molar-refractivity contribution is 6.01. The van der Waals surface area contributed by atoms with Gasteiger partial charge in [0.05, 0.1) is 6.67 Å². The van der Waals surface area contributed by atoms with Gasteiger partial charge in [-0.25, -0.2) is 4.79 Å². The molecule has 0 atom stereocenters. The van der Waals surface area contributed by atoms with Gasteiger partial charge < -0.3 is 15.1 Å². The fourth-order valence-electron chi connectivity index (χ4n) is 2.25. The number of hydrogen-bond acceptors (Lipinski definition) is 4. The zero-order chi connectivity index (χ0) is 10.4. The van der Waals surface area contributed by atoms with E-state index in [1.165, 1.54) is 0 Å². The Balaban J connectivity index is 2.33. The molecule has 15 heavy (non-hydrogen) atoms. The zero-order valence-electron chi connectivity index (χ0n) is 8.05. The lowest BCUT2D eigenvalue weighted by Gasteiger charge is -2.18. The maximum absolute atomic E-state index is 11.6. The van der Waals surface area contributed by atoms with Crippen molar-refractivity contribution in [1.29, 1.82) is 0 Å². The number of rotatable bonds is 0. The summed E-state index contributed by atoms with van der Waals surface area (Å²) in [6.07, 6.45) is 2.43. The van der Waals surface area contributed by atoms with Crippen LogP contribution in [0, 0.1) is 0 Å². The maximum atomic E-state index is 11.6. The van der Waals surface area contributed by atoms with Crippen LogP contribution in [0.3, 0.4) is 0 Å². The Bertz CT molecular complexity index is 504.